The number of aldehydes is 1. The van der Waals surface area contributed by atoms with Crippen LogP contribution >= 0.6 is 0 Å². The fourth-order valence-corrected chi connectivity index (χ4v) is 22.2. The van der Waals surface area contributed by atoms with Crippen LogP contribution in [0.2, 0.25) is 0 Å². The highest BCUT2D eigenvalue weighted by Gasteiger charge is 2.72. The van der Waals surface area contributed by atoms with Crippen molar-refractivity contribution in [1.29, 1.82) is 0 Å². The largest absolute Gasteiger partial charge is 0.491 e. The molecule has 0 aromatic rings. The van der Waals surface area contributed by atoms with E-state index in [0.717, 1.165) is 88.9 Å². The summed E-state index contributed by atoms with van der Waals surface area (Å²) >= 11 is 0. The van der Waals surface area contributed by atoms with Crippen LogP contribution < -0.4 is 0 Å². The van der Waals surface area contributed by atoms with Gasteiger partial charge in [-0.25, -0.2) is 4.39 Å². The molecule has 12 aliphatic rings. The van der Waals surface area contributed by atoms with Crippen LogP contribution in [0.3, 0.4) is 0 Å². The molecule has 0 saturated heterocycles. The Morgan fingerprint density at radius 2 is 1.01 bits per heavy atom. The van der Waals surface area contributed by atoms with Crippen LogP contribution in [0.15, 0.2) is 59.6 Å². The molecular weight excluding hydrogens is 1050 g/mol. The van der Waals surface area contributed by atoms with Gasteiger partial charge in [0.25, 0.3) is 0 Å². The van der Waals surface area contributed by atoms with Crippen LogP contribution in [0.25, 0.3) is 0 Å². The summed E-state index contributed by atoms with van der Waals surface area (Å²) in [5.74, 6) is 2.94. The first-order valence-electron chi connectivity index (χ1n) is 32.1. The number of ether oxygens (including phenoxy) is 2. The van der Waals surface area contributed by atoms with Gasteiger partial charge in [0.15, 0.2) is 28.9 Å². The maximum Gasteiger partial charge on any atom is 0.173 e. The molecule has 13 heteroatoms. The van der Waals surface area contributed by atoms with Crippen LogP contribution in [-0.2, 0) is 43.0 Å². The highest BCUT2D eigenvalue weighted by atomic mass is 19.1. The van der Waals surface area contributed by atoms with Gasteiger partial charge in [-0.15, -0.1) is 0 Å². The summed E-state index contributed by atoms with van der Waals surface area (Å²) in [6.45, 7) is 23.5. The van der Waals surface area contributed by atoms with Gasteiger partial charge in [-0.05, 0) is 211 Å². The molecule has 0 spiro atoms. The van der Waals surface area contributed by atoms with Gasteiger partial charge in [0, 0.05) is 60.2 Å². The van der Waals surface area contributed by atoms with E-state index in [-0.39, 0.29) is 124 Å². The Morgan fingerprint density at radius 3 is 1.53 bits per heavy atom. The van der Waals surface area contributed by atoms with E-state index in [2.05, 4.69) is 40.9 Å². The molecule has 3 N–H and O–H groups in total. The minimum atomic E-state index is -1.74. The van der Waals surface area contributed by atoms with Gasteiger partial charge < -0.3 is 29.6 Å². The number of Topliss-reactive ketones (excluding diaryl/α,β-unsaturated/α-hetero) is 3. The van der Waals surface area contributed by atoms with E-state index in [1.165, 1.54) is 11.1 Å². The molecule has 0 aliphatic heterocycles. The summed E-state index contributed by atoms with van der Waals surface area (Å²) in [6, 6.07) is 0. The maximum atomic E-state index is 16.9. The predicted molar refractivity (Wildman–Crippen MR) is 312 cm³/mol. The number of aliphatic hydroxyl groups is 3. The Balaban J connectivity index is 0.000000139. The number of carbonyl (C=O) groups is 7. The molecule has 9 saturated carbocycles. The second-order valence-electron chi connectivity index (χ2n) is 29.9. The Labute approximate surface area is 492 Å². The average molecular weight is 1150 g/mol. The number of hydrogen-bond donors (Lipinski definition) is 3. The lowest BCUT2D eigenvalue weighted by molar-refractivity contribution is -0.208. The van der Waals surface area contributed by atoms with Gasteiger partial charge in [-0.2, -0.15) is 0 Å². The van der Waals surface area contributed by atoms with Crippen LogP contribution in [0.1, 0.15) is 197 Å². The van der Waals surface area contributed by atoms with E-state index in [0.29, 0.717) is 81.1 Å². The summed E-state index contributed by atoms with van der Waals surface area (Å²) in [5.41, 5.74) is -0.661. The lowest BCUT2D eigenvalue weighted by Gasteiger charge is -2.63. The second kappa shape index (κ2) is 22.5. The first-order chi connectivity index (χ1) is 39.1. The maximum absolute atomic E-state index is 16.9. The molecule has 0 radical (unpaired) electrons. The standard InChI is InChI=1S/C24H33FO4.C24H34O4.C22H30O4/c1-14(2)29-13-20(27)19-8-7-17-18-6-5-15-11-16(26)9-10-23(15,4)24(18,25)21(28)12-22(17,19)3;1-14(2)28-13-21(27)19-8-7-18-17-6-5-15-11-16(25)9-10-23(15,3)22(17)20(26)12-24(18,19)4;1-3-18(25)17-7-6-16-15-5-4-13-10-14(24)8-9-21(13,2)20(15)19(26)11-22(16,17)12-23/h11,17-19,21,28H,1,5-10,12-13H2,2-4H3;11,17-20,22,26H,1,5-10,12-13H2,2-4H3;10,12,15-17,19-20,26H,3-9,11H2,1-2H3/t17-,18-,19+,21-,22-,23-,24-;17-,18-,19+,20-,22+,23-,24-;15-,16-,17+,19-,20+,21-,22+/m000/s1. The zero-order valence-electron chi connectivity index (χ0n) is 51.2. The first kappa shape index (κ1) is 61.9. The van der Waals surface area contributed by atoms with Crippen molar-refractivity contribution in [1.82, 2.24) is 0 Å². The lowest BCUT2D eigenvalue weighted by Crippen LogP contribution is -2.67. The molecule has 12 rings (SSSR count). The number of rotatable bonds is 11. The molecule has 9 fully saturated rings. The Hall–Kier alpha value is -4.20. The molecule has 0 bridgehead atoms. The molecule has 456 valence electrons. The third-order valence-electron chi connectivity index (χ3n) is 26.1. The van der Waals surface area contributed by atoms with Crippen LogP contribution in [0.5, 0.6) is 0 Å². The minimum Gasteiger partial charge on any atom is -0.491 e. The molecule has 21 atom stereocenters. The van der Waals surface area contributed by atoms with Crippen molar-refractivity contribution in [3.63, 3.8) is 0 Å². The monoisotopic (exact) mass is 1150 g/mol. The Kier molecular flexibility index (Phi) is 16.8. The predicted octanol–water partition coefficient (Wildman–Crippen LogP) is 11.8. The number of allylic oxidation sites excluding steroid dienone is 5. The highest BCUT2D eigenvalue weighted by molar-refractivity contribution is 5.93. The summed E-state index contributed by atoms with van der Waals surface area (Å²) < 4.78 is 27.7. The van der Waals surface area contributed by atoms with Crippen molar-refractivity contribution in [2.45, 2.75) is 221 Å². The minimum absolute atomic E-state index is 0.00342. The van der Waals surface area contributed by atoms with E-state index in [4.69, 9.17) is 9.47 Å². The molecular formula is C70H97FO12. The first-order valence-corrected chi connectivity index (χ1v) is 32.1. The molecule has 0 unspecified atom stereocenters. The summed E-state index contributed by atoms with van der Waals surface area (Å²) in [6.07, 6.45) is 20.0. The molecule has 0 heterocycles. The molecule has 12 aliphatic carbocycles. The quantitative estimate of drug-likeness (QED) is 0.131. The molecule has 83 heavy (non-hydrogen) atoms. The van der Waals surface area contributed by atoms with Crippen molar-refractivity contribution in [2.24, 2.45) is 97.6 Å². The molecule has 12 nitrogen and oxygen atoms in total. The number of carbonyl (C=O) groups excluding carboxylic acids is 7. The van der Waals surface area contributed by atoms with Crippen molar-refractivity contribution in [2.75, 3.05) is 13.2 Å². The van der Waals surface area contributed by atoms with Crippen molar-refractivity contribution in [3.8, 4) is 0 Å². The van der Waals surface area contributed by atoms with Crippen LogP contribution in [0.4, 0.5) is 4.39 Å². The Bertz CT molecular complexity index is 2790. The van der Waals surface area contributed by atoms with Crippen LogP contribution in [-0.4, -0.2) is 93.5 Å². The number of hydrogen-bond acceptors (Lipinski definition) is 12. The van der Waals surface area contributed by atoms with E-state index in [1.807, 2.05) is 26.0 Å². The SMILES string of the molecule is C=C(C)OCC(=O)[C@H]1CC[C@H]2[C@@H]3CCC4=CC(=O)CC[C@]4(C)[C@@]3(F)[C@@H](O)C[C@]12C.C=C(C)OCC(=O)[C@H]1CC[C@H]2[C@@H]3CCC4=CC(=O)CC[C@]4(C)[C@H]3[C@@H](O)C[C@]12C.CCC(=O)[C@H]1CC[C@H]2[C@@H]3CCC4=CC(=O)CC[C@]4(C)[C@H]3[C@@H](O)C[C@]12C=O. The summed E-state index contributed by atoms with van der Waals surface area (Å²) in [5, 5.41) is 33.8. The lowest BCUT2D eigenvalue weighted by atomic mass is 9.44. The van der Waals surface area contributed by atoms with E-state index in [9.17, 15) is 48.9 Å². The van der Waals surface area contributed by atoms with Gasteiger partial charge in [-0.1, -0.05) is 71.4 Å². The van der Waals surface area contributed by atoms with Crippen LogP contribution in [0, 0.1) is 97.6 Å². The number of fused-ring (bicyclic) bond motifs is 15. The highest BCUT2D eigenvalue weighted by Crippen LogP contribution is 2.71. The normalized spacial score (nSPS) is 46.1. The number of halogens is 1. The van der Waals surface area contributed by atoms with Gasteiger partial charge >= 0.3 is 0 Å². The fraction of sp³-hybridized carbons (Fsp3) is 0.757. The summed E-state index contributed by atoms with van der Waals surface area (Å²) in [7, 11) is 0. The topological polar surface area (TPSA) is 199 Å². The zero-order valence-corrected chi connectivity index (χ0v) is 51.2. The van der Waals surface area contributed by atoms with E-state index < -0.39 is 40.2 Å². The molecule has 0 aromatic carbocycles. The third-order valence-corrected chi connectivity index (χ3v) is 26.1. The number of aliphatic hydroxyl groups excluding tert-OH is 3. The smallest absolute Gasteiger partial charge is 0.173 e. The molecule has 0 amide bonds. The van der Waals surface area contributed by atoms with E-state index >= 15 is 4.39 Å². The zero-order chi connectivity index (χ0) is 60.1. The number of ketones is 6. The molecule has 0 aromatic heterocycles. The van der Waals surface area contributed by atoms with Crippen molar-refractivity contribution >= 4 is 41.0 Å². The Morgan fingerprint density at radius 1 is 0.566 bits per heavy atom. The van der Waals surface area contributed by atoms with E-state index in [1.54, 1.807) is 19.9 Å². The van der Waals surface area contributed by atoms with Crippen molar-refractivity contribution in [3.05, 3.63) is 59.6 Å². The summed E-state index contributed by atoms with van der Waals surface area (Å²) in [4.78, 5) is 86.5. The van der Waals surface area contributed by atoms with Gasteiger partial charge in [0.1, 0.15) is 31.0 Å². The van der Waals surface area contributed by atoms with Gasteiger partial charge in [0.05, 0.1) is 29.8 Å². The van der Waals surface area contributed by atoms with Gasteiger partial charge in [-0.3, -0.25) is 28.8 Å². The third kappa shape index (κ3) is 9.87. The van der Waals surface area contributed by atoms with Crippen molar-refractivity contribution < 1.29 is 62.7 Å². The van der Waals surface area contributed by atoms with Gasteiger partial charge in [0.2, 0.25) is 0 Å². The number of alkyl halides is 1. The average Bonchev–Trinajstić information content (AvgIpc) is 2.65. The second-order valence-corrected chi connectivity index (χ2v) is 29.9. The fourth-order valence-electron chi connectivity index (χ4n) is 22.2.